The summed E-state index contributed by atoms with van der Waals surface area (Å²) in [6.07, 6.45) is 0.578. The summed E-state index contributed by atoms with van der Waals surface area (Å²) in [5, 5.41) is 36.4. The highest BCUT2D eigenvalue weighted by molar-refractivity contribution is 5.70. The van der Waals surface area contributed by atoms with Crippen molar-refractivity contribution in [2.75, 3.05) is 78.5 Å². The number of carboxylic acids is 4. The highest BCUT2D eigenvalue weighted by Gasteiger charge is 2.19. The fourth-order valence-corrected chi connectivity index (χ4v) is 3.34. The highest BCUT2D eigenvalue weighted by atomic mass is 16.4. The summed E-state index contributed by atoms with van der Waals surface area (Å²) in [6.45, 7) is 3.05. The molecule has 0 aromatic heterocycles. The van der Waals surface area contributed by atoms with Crippen LogP contribution in [0.3, 0.4) is 0 Å². The molecule has 0 radical (unpaired) electrons. The first-order valence-corrected chi connectivity index (χ1v) is 9.92. The van der Waals surface area contributed by atoms with Gasteiger partial charge < -0.3 is 25.3 Å². The minimum Gasteiger partial charge on any atom is -0.481 e. The molecule has 0 bridgehead atoms. The zero-order valence-electron chi connectivity index (χ0n) is 17.1. The Kier molecular flexibility index (Phi) is 11.9. The Morgan fingerprint density at radius 1 is 0.500 bits per heavy atom. The van der Waals surface area contributed by atoms with Crippen LogP contribution in [0.2, 0.25) is 0 Å². The van der Waals surface area contributed by atoms with E-state index < -0.39 is 23.9 Å². The van der Waals surface area contributed by atoms with E-state index in [9.17, 15) is 19.2 Å². The molecule has 0 amide bonds. The molecule has 0 aromatic carbocycles. The lowest BCUT2D eigenvalue weighted by molar-refractivity contribution is -0.140. The Hall–Kier alpha value is -2.28. The lowest BCUT2D eigenvalue weighted by atomic mass is 10.3. The third-order valence-electron chi connectivity index (χ3n) is 4.86. The summed E-state index contributed by atoms with van der Waals surface area (Å²) in [7, 11) is 0. The van der Waals surface area contributed by atoms with E-state index >= 15 is 0 Å². The summed E-state index contributed by atoms with van der Waals surface area (Å²) in [5.41, 5.74) is 0. The lowest BCUT2D eigenvalue weighted by Gasteiger charge is -2.28. The molecule has 1 heterocycles. The van der Waals surface area contributed by atoms with Crippen molar-refractivity contribution in [3.8, 4) is 0 Å². The van der Waals surface area contributed by atoms with Gasteiger partial charge in [-0.3, -0.25) is 33.9 Å². The van der Waals surface area contributed by atoms with Crippen molar-refractivity contribution in [3.63, 3.8) is 0 Å². The monoisotopic (exact) mass is 432 g/mol. The molecule has 0 saturated carbocycles. The second-order valence-corrected chi connectivity index (χ2v) is 7.35. The predicted molar refractivity (Wildman–Crippen MR) is 106 cm³/mol. The number of nitrogens with zero attached hydrogens (tertiary/aromatic N) is 4. The molecule has 4 N–H and O–H groups in total. The standard InChI is InChI=1S/C18H32N4O8/c23-15(24)2-5-19-3-1-4-20(12-16(25)26)8-9-22(14-18(29)30)11-10-21(7-6-19)13-17(27)28/h1-14H2,(H,23,24)(H,25,26)(H,27,28)(H,29,30). The van der Waals surface area contributed by atoms with Crippen LogP contribution >= 0.6 is 0 Å². The quantitative estimate of drug-likeness (QED) is 0.328. The van der Waals surface area contributed by atoms with Crippen molar-refractivity contribution < 1.29 is 39.6 Å². The fraction of sp³-hybridized carbons (Fsp3) is 0.778. The van der Waals surface area contributed by atoms with Crippen molar-refractivity contribution in [3.05, 3.63) is 0 Å². The van der Waals surface area contributed by atoms with Gasteiger partial charge in [-0.25, -0.2) is 0 Å². The third-order valence-corrected chi connectivity index (χ3v) is 4.86. The molecule has 1 aliphatic rings. The Labute approximate surface area is 175 Å². The van der Waals surface area contributed by atoms with Crippen LogP contribution in [0.4, 0.5) is 0 Å². The Morgan fingerprint density at radius 2 is 0.833 bits per heavy atom. The molecular weight excluding hydrogens is 400 g/mol. The maximum absolute atomic E-state index is 11.2. The van der Waals surface area contributed by atoms with Crippen molar-refractivity contribution >= 4 is 23.9 Å². The second kappa shape index (κ2) is 13.9. The van der Waals surface area contributed by atoms with Gasteiger partial charge in [0.15, 0.2) is 0 Å². The van der Waals surface area contributed by atoms with E-state index in [1.165, 1.54) is 0 Å². The summed E-state index contributed by atoms with van der Waals surface area (Å²) < 4.78 is 0. The molecule has 12 heteroatoms. The molecule has 1 saturated heterocycles. The number of hydrogen-bond donors (Lipinski definition) is 4. The van der Waals surface area contributed by atoms with Crippen LogP contribution in [0, 0.1) is 0 Å². The zero-order chi connectivity index (χ0) is 22.5. The molecule has 30 heavy (non-hydrogen) atoms. The summed E-state index contributed by atoms with van der Waals surface area (Å²) in [6, 6.07) is 0. The molecule has 172 valence electrons. The second-order valence-electron chi connectivity index (χ2n) is 7.35. The Morgan fingerprint density at radius 3 is 1.20 bits per heavy atom. The SMILES string of the molecule is O=C(O)CCN1CCCN(CC(=O)O)CCN(CC(=O)O)CCN(CC(=O)O)CC1. The first-order chi connectivity index (χ1) is 14.2. The number of carbonyl (C=O) groups is 4. The molecule has 1 rings (SSSR count). The number of aliphatic carboxylic acids is 4. The summed E-state index contributed by atoms with van der Waals surface area (Å²) in [5.74, 6) is -3.89. The van der Waals surface area contributed by atoms with Gasteiger partial charge >= 0.3 is 23.9 Å². The predicted octanol–water partition coefficient (Wildman–Crippen LogP) is -1.67. The van der Waals surface area contributed by atoms with Gasteiger partial charge in [0.05, 0.1) is 26.1 Å². The van der Waals surface area contributed by atoms with E-state index in [1.54, 1.807) is 14.7 Å². The Bertz CT molecular complexity index is 589. The zero-order valence-corrected chi connectivity index (χ0v) is 17.1. The van der Waals surface area contributed by atoms with Crippen molar-refractivity contribution in [2.24, 2.45) is 0 Å². The molecular formula is C18H32N4O8. The number of carboxylic acid groups (broad SMARTS) is 4. The molecule has 1 aliphatic heterocycles. The lowest BCUT2D eigenvalue weighted by Crippen LogP contribution is -2.44. The van der Waals surface area contributed by atoms with Gasteiger partial charge in [-0.05, 0) is 13.0 Å². The van der Waals surface area contributed by atoms with Crippen molar-refractivity contribution in [2.45, 2.75) is 12.8 Å². The van der Waals surface area contributed by atoms with Gasteiger partial charge in [0.25, 0.3) is 0 Å². The number of hydrogen-bond acceptors (Lipinski definition) is 8. The molecule has 1 fully saturated rings. The van der Waals surface area contributed by atoms with Crippen LogP contribution in [-0.2, 0) is 19.2 Å². The normalized spacial score (nSPS) is 19.3. The smallest absolute Gasteiger partial charge is 0.317 e. The van der Waals surface area contributed by atoms with Crippen LogP contribution in [0.1, 0.15) is 12.8 Å². The summed E-state index contributed by atoms with van der Waals surface area (Å²) >= 11 is 0. The van der Waals surface area contributed by atoms with E-state index in [0.29, 0.717) is 65.3 Å². The molecule has 0 aromatic rings. The van der Waals surface area contributed by atoms with Crippen LogP contribution < -0.4 is 0 Å². The first kappa shape index (κ1) is 25.8. The van der Waals surface area contributed by atoms with Crippen molar-refractivity contribution in [1.82, 2.24) is 19.6 Å². The van der Waals surface area contributed by atoms with E-state index in [4.69, 9.17) is 20.4 Å². The number of rotatable bonds is 9. The maximum Gasteiger partial charge on any atom is 0.317 e. The minimum absolute atomic E-state index is 0.0375. The van der Waals surface area contributed by atoms with Gasteiger partial charge in [0.2, 0.25) is 0 Å². The molecule has 0 atom stereocenters. The van der Waals surface area contributed by atoms with Crippen molar-refractivity contribution in [1.29, 1.82) is 0 Å². The molecule has 0 aliphatic carbocycles. The molecule has 0 unspecified atom stereocenters. The largest absolute Gasteiger partial charge is 0.481 e. The van der Waals surface area contributed by atoms with Gasteiger partial charge in [-0.15, -0.1) is 0 Å². The minimum atomic E-state index is -1.01. The van der Waals surface area contributed by atoms with Gasteiger partial charge in [0, 0.05) is 52.4 Å². The maximum atomic E-state index is 11.2. The first-order valence-electron chi connectivity index (χ1n) is 9.92. The molecule has 12 nitrogen and oxygen atoms in total. The van der Waals surface area contributed by atoms with Crippen LogP contribution in [0.15, 0.2) is 0 Å². The van der Waals surface area contributed by atoms with Crippen LogP contribution in [-0.4, -0.2) is 142 Å². The van der Waals surface area contributed by atoms with Crippen LogP contribution in [0.25, 0.3) is 0 Å². The van der Waals surface area contributed by atoms with Gasteiger partial charge in [-0.2, -0.15) is 0 Å². The average molecular weight is 432 g/mol. The topological polar surface area (TPSA) is 162 Å². The molecule has 0 spiro atoms. The van der Waals surface area contributed by atoms with E-state index in [-0.39, 0.29) is 26.1 Å². The summed E-state index contributed by atoms with van der Waals surface area (Å²) in [4.78, 5) is 51.5. The fourth-order valence-electron chi connectivity index (χ4n) is 3.34. The van der Waals surface area contributed by atoms with Crippen LogP contribution in [0.5, 0.6) is 0 Å². The van der Waals surface area contributed by atoms with Gasteiger partial charge in [0.1, 0.15) is 0 Å². The van der Waals surface area contributed by atoms with E-state index in [0.717, 1.165) is 0 Å². The Balaban J connectivity index is 2.90. The van der Waals surface area contributed by atoms with E-state index in [1.807, 2.05) is 4.90 Å². The highest BCUT2D eigenvalue weighted by Crippen LogP contribution is 2.03. The third kappa shape index (κ3) is 12.3. The average Bonchev–Trinajstić information content (AvgIpc) is 2.63. The van der Waals surface area contributed by atoms with E-state index in [2.05, 4.69) is 0 Å². The van der Waals surface area contributed by atoms with Gasteiger partial charge in [-0.1, -0.05) is 0 Å².